The van der Waals surface area contributed by atoms with Gasteiger partial charge in [-0.1, -0.05) is 11.6 Å². The number of rotatable bonds is 6. The molecule has 0 unspecified atom stereocenters. The first kappa shape index (κ1) is 23.3. The Bertz CT molecular complexity index is 924. The summed E-state index contributed by atoms with van der Waals surface area (Å²) >= 11 is 5.93. The molecule has 2 heterocycles. The van der Waals surface area contributed by atoms with E-state index < -0.39 is 43.3 Å². The van der Waals surface area contributed by atoms with Gasteiger partial charge < -0.3 is 34.6 Å². The van der Waals surface area contributed by atoms with Crippen molar-refractivity contribution in [2.24, 2.45) is 0 Å². The molecule has 1 aliphatic rings. The number of halogens is 1. The smallest absolute Gasteiger partial charge is 0.345 e. The summed E-state index contributed by atoms with van der Waals surface area (Å²) in [4.78, 5) is 21.1. The maximum absolute atomic E-state index is 12.5. The average molecular weight is 455 g/mol. The van der Waals surface area contributed by atoms with Gasteiger partial charge in [-0.05, 0) is 38.1 Å². The Morgan fingerprint density at radius 1 is 1.13 bits per heavy atom. The van der Waals surface area contributed by atoms with Crippen molar-refractivity contribution in [3.05, 3.63) is 40.5 Å². The summed E-state index contributed by atoms with van der Waals surface area (Å²) < 4.78 is 16.1. The molecule has 31 heavy (non-hydrogen) atoms. The van der Waals surface area contributed by atoms with Gasteiger partial charge in [-0.2, -0.15) is 4.98 Å². The van der Waals surface area contributed by atoms with Crippen molar-refractivity contribution in [3.63, 3.8) is 0 Å². The first-order valence-electron chi connectivity index (χ1n) is 9.55. The Labute approximate surface area is 183 Å². The highest BCUT2D eigenvalue weighted by molar-refractivity contribution is 6.30. The van der Waals surface area contributed by atoms with Gasteiger partial charge >= 0.3 is 5.97 Å². The highest BCUT2D eigenvalue weighted by Gasteiger charge is 2.45. The number of aromatic nitrogens is 2. The summed E-state index contributed by atoms with van der Waals surface area (Å²) in [5, 5.41) is 40.1. The SMILES string of the molecule is CCOC(=O)c1c(C)nc(-c2ccc(Cl)cc2)nc1O[C@@H]1O[C@H](CO)[C@@H](O)[C@H](O)[C@H]1O. The second-order valence-corrected chi connectivity index (χ2v) is 7.29. The Kier molecular flexibility index (Phi) is 7.42. The fourth-order valence-electron chi connectivity index (χ4n) is 3.07. The molecule has 5 atom stereocenters. The van der Waals surface area contributed by atoms with E-state index in [4.69, 9.17) is 25.8 Å². The van der Waals surface area contributed by atoms with Crippen LogP contribution in [0.4, 0.5) is 0 Å². The molecule has 0 aliphatic carbocycles. The number of hydrogen-bond acceptors (Lipinski definition) is 10. The van der Waals surface area contributed by atoms with Crippen LogP contribution in [0, 0.1) is 6.92 Å². The number of carbonyl (C=O) groups is 1. The summed E-state index contributed by atoms with van der Waals surface area (Å²) in [6, 6.07) is 6.65. The van der Waals surface area contributed by atoms with Crippen LogP contribution < -0.4 is 4.74 Å². The number of benzene rings is 1. The van der Waals surface area contributed by atoms with Crippen molar-refractivity contribution < 1.29 is 39.4 Å². The zero-order valence-electron chi connectivity index (χ0n) is 16.8. The lowest BCUT2D eigenvalue weighted by atomic mass is 9.99. The topological polar surface area (TPSA) is 151 Å². The van der Waals surface area contributed by atoms with Crippen molar-refractivity contribution in [3.8, 4) is 17.3 Å². The summed E-state index contributed by atoms with van der Waals surface area (Å²) in [6.07, 6.45) is -7.60. The van der Waals surface area contributed by atoms with E-state index in [2.05, 4.69) is 9.97 Å². The summed E-state index contributed by atoms with van der Waals surface area (Å²) in [6.45, 7) is 2.66. The molecule has 0 bridgehead atoms. The Morgan fingerprint density at radius 3 is 2.42 bits per heavy atom. The quantitative estimate of drug-likeness (QED) is 0.453. The van der Waals surface area contributed by atoms with Gasteiger partial charge in [0.1, 0.15) is 30.0 Å². The zero-order valence-corrected chi connectivity index (χ0v) is 17.6. The highest BCUT2D eigenvalue weighted by atomic mass is 35.5. The molecule has 0 radical (unpaired) electrons. The maximum Gasteiger partial charge on any atom is 0.345 e. The molecular formula is C20H23ClN2O8. The molecule has 11 heteroatoms. The molecule has 3 rings (SSSR count). The number of hydrogen-bond donors (Lipinski definition) is 4. The molecule has 2 aromatic rings. The molecule has 168 valence electrons. The largest absolute Gasteiger partial charge is 0.462 e. The van der Waals surface area contributed by atoms with Gasteiger partial charge in [0.15, 0.2) is 5.82 Å². The van der Waals surface area contributed by atoms with Crippen LogP contribution >= 0.6 is 11.6 Å². The van der Waals surface area contributed by atoms with Crippen LogP contribution in [0.15, 0.2) is 24.3 Å². The molecule has 0 amide bonds. The minimum atomic E-state index is -1.68. The van der Waals surface area contributed by atoms with Crippen LogP contribution in [0.1, 0.15) is 23.0 Å². The minimum absolute atomic E-state index is 0.0866. The fourth-order valence-corrected chi connectivity index (χ4v) is 3.20. The van der Waals surface area contributed by atoms with Gasteiger partial charge in [-0.3, -0.25) is 0 Å². The number of ether oxygens (including phenoxy) is 3. The number of aliphatic hydroxyl groups is 4. The van der Waals surface area contributed by atoms with Crippen molar-refractivity contribution in [1.82, 2.24) is 9.97 Å². The molecule has 0 saturated carbocycles. The zero-order chi connectivity index (χ0) is 22.7. The molecule has 1 saturated heterocycles. The number of nitrogens with zero attached hydrogens (tertiary/aromatic N) is 2. The second-order valence-electron chi connectivity index (χ2n) is 6.86. The van der Waals surface area contributed by atoms with Crippen LogP contribution in [0.2, 0.25) is 5.02 Å². The second kappa shape index (κ2) is 9.86. The lowest BCUT2D eigenvalue weighted by molar-refractivity contribution is -0.278. The third-order valence-corrected chi connectivity index (χ3v) is 4.97. The third kappa shape index (κ3) is 4.95. The van der Waals surface area contributed by atoms with E-state index in [1.807, 2.05) is 0 Å². The van der Waals surface area contributed by atoms with Crippen LogP contribution in [0.5, 0.6) is 5.88 Å². The van der Waals surface area contributed by atoms with E-state index >= 15 is 0 Å². The fraction of sp³-hybridized carbons (Fsp3) is 0.450. The molecule has 0 spiro atoms. The third-order valence-electron chi connectivity index (χ3n) is 4.71. The number of aliphatic hydroxyl groups excluding tert-OH is 4. The lowest BCUT2D eigenvalue weighted by Gasteiger charge is -2.39. The van der Waals surface area contributed by atoms with Crippen LogP contribution in [-0.2, 0) is 9.47 Å². The van der Waals surface area contributed by atoms with E-state index in [1.165, 1.54) is 0 Å². The van der Waals surface area contributed by atoms with Crippen molar-refractivity contribution in [2.75, 3.05) is 13.2 Å². The lowest BCUT2D eigenvalue weighted by Crippen LogP contribution is -2.60. The van der Waals surface area contributed by atoms with E-state index in [0.29, 0.717) is 10.6 Å². The Morgan fingerprint density at radius 2 is 1.81 bits per heavy atom. The summed E-state index contributed by atoms with van der Waals surface area (Å²) in [7, 11) is 0. The van der Waals surface area contributed by atoms with Gasteiger partial charge in [-0.25, -0.2) is 9.78 Å². The number of esters is 1. The predicted octanol–water partition coefficient (Wildman–Crippen LogP) is 0.461. The van der Waals surface area contributed by atoms with Crippen molar-refractivity contribution in [1.29, 1.82) is 0 Å². The average Bonchev–Trinajstić information content (AvgIpc) is 2.74. The van der Waals surface area contributed by atoms with E-state index in [1.54, 1.807) is 38.1 Å². The minimum Gasteiger partial charge on any atom is -0.462 e. The predicted molar refractivity (Wildman–Crippen MR) is 108 cm³/mol. The van der Waals surface area contributed by atoms with Crippen LogP contribution in [0.25, 0.3) is 11.4 Å². The maximum atomic E-state index is 12.5. The highest BCUT2D eigenvalue weighted by Crippen LogP contribution is 2.29. The van der Waals surface area contributed by atoms with E-state index in [-0.39, 0.29) is 29.6 Å². The van der Waals surface area contributed by atoms with Crippen molar-refractivity contribution in [2.45, 2.75) is 44.6 Å². The normalized spacial score (nSPS) is 25.8. The standard InChI is InChI=1S/C20H23ClN2O8/c1-3-29-19(28)13-9(2)22-17(10-4-6-11(21)7-5-10)23-18(13)31-20-16(27)15(26)14(25)12(8-24)30-20/h4-7,12,14-16,20,24-27H,3,8H2,1-2H3/t12-,14-,15+,16-,20+/m1/s1. The number of aryl methyl sites for hydroxylation is 1. The molecule has 1 aliphatic heterocycles. The molecular weight excluding hydrogens is 432 g/mol. The molecule has 1 aromatic carbocycles. The molecule has 10 nitrogen and oxygen atoms in total. The van der Waals surface area contributed by atoms with E-state index in [0.717, 1.165) is 0 Å². The van der Waals surface area contributed by atoms with Gasteiger partial charge in [0.2, 0.25) is 12.2 Å². The van der Waals surface area contributed by atoms with Crippen molar-refractivity contribution >= 4 is 17.6 Å². The summed E-state index contributed by atoms with van der Waals surface area (Å²) in [5.41, 5.74) is 0.746. The Hall–Kier alpha value is -2.34. The van der Waals surface area contributed by atoms with Gasteiger partial charge in [0.05, 0.1) is 18.9 Å². The monoisotopic (exact) mass is 454 g/mol. The van der Waals surface area contributed by atoms with E-state index in [9.17, 15) is 25.2 Å². The Balaban J connectivity index is 2.03. The number of carbonyl (C=O) groups excluding carboxylic acids is 1. The molecule has 1 fully saturated rings. The van der Waals surface area contributed by atoms with Crippen LogP contribution in [-0.4, -0.2) is 80.3 Å². The molecule has 1 aromatic heterocycles. The van der Waals surface area contributed by atoms with Gasteiger partial charge in [0.25, 0.3) is 0 Å². The summed E-state index contributed by atoms with van der Waals surface area (Å²) in [5.74, 6) is -0.788. The first-order chi connectivity index (χ1) is 14.8. The van der Waals surface area contributed by atoms with Crippen LogP contribution in [0.3, 0.4) is 0 Å². The van der Waals surface area contributed by atoms with Gasteiger partial charge in [0, 0.05) is 10.6 Å². The van der Waals surface area contributed by atoms with Gasteiger partial charge in [-0.15, -0.1) is 0 Å². The first-order valence-corrected chi connectivity index (χ1v) is 9.93. The molecule has 4 N–H and O–H groups in total.